The lowest BCUT2D eigenvalue weighted by Crippen LogP contribution is -2.51. The molecular weight excluding hydrogens is 522 g/mol. The van der Waals surface area contributed by atoms with E-state index in [9.17, 15) is 13.2 Å². The number of carbonyl (C=O) groups is 1. The highest BCUT2D eigenvalue weighted by Gasteiger charge is 2.30. The Morgan fingerprint density at radius 3 is 2.32 bits per heavy atom. The number of benzene rings is 3. The van der Waals surface area contributed by atoms with E-state index < -0.39 is 10.0 Å². The molecule has 9 heteroatoms. The third kappa shape index (κ3) is 6.75. The van der Waals surface area contributed by atoms with Gasteiger partial charge in [-0.25, -0.2) is 8.42 Å². The number of amides is 1. The summed E-state index contributed by atoms with van der Waals surface area (Å²) in [6, 6.07) is 21.4. The second kappa shape index (κ2) is 12.5. The van der Waals surface area contributed by atoms with Gasteiger partial charge in [-0.3, -0.25) is 14.0 Å². The Kier molecular flexibility index (Phi) is 9.09. The Balaban J connectivity index is 1.46. The third-order valence-corrected chi connectivity index (χ3v) is 8.59. The number of piperazine rings is 1. The minimum Gasteiger partial charge on any atom is -0.495 e. The second-order valence-corrected chi connectivity index (χ2v) is 11.4. The van der Waals surface area contributed by atoms with Crippen molar-refractivity contribution < 1.29 is 17.9 Å². The van der Waals surface area contributed by atoms with Crippen molar-refractivity contribution in [2.75, 3.05) is 50.7 Å². The topological polar surface area (TPSA) is 70.2 Å². The molecule has 1 amide bonds. The lowest BCUT2D eigenvalue weighted by atomic mass is 10.2. The van der Waals surface area contributed by atoms with Gasteiger partial charge in [0.05, 0.1) is 22.7 Å². The van der Waals surface area contributed by atoms with Crippen LogP contribution in [-0.2, 0) is 14.8 Å². The van der Waals surface area contributed by atoms with Crippen LogP contribution in [0.15, 0.2) is 83.8 Å². The Morgan fingerprint density at radius 1 is 1.00 bits per heavy atom. The van der Waals surface area contributed by atoms with Crippen LogP contribution in [0.4, 0.5) is 5.69 Å². The number of halogens is 1. The van der Waals surface area contributed by atoms with Crippen LogP contribution in [0.25, 0.3) is 6.08 Å². The van der Waals surface area contributed by atoms with Gasteiger partial charge >= 0.3 is 0 Å². The Morgan fingerprint density at radius 2 is 1.68 bits per heavy atom. The van der Waals surface area contributed by atoms with Crippen molar-refractivity contribution in [2.24, 2.45) is 0 Å². The highest BCUT2D eigenvalue weighted by molar-refractivity contribution is 7.92. The molecule has 1 saturated heterocycles. The molecule has 38 heavy (non-hydrogen) atoms. The fraction of sp³-hybridized carbons (Fsp3) is 0.276. The quantitative estimate of drug-likeness (QED) is 0.384. The van der Waals surface area contributed by atoms with Crippen LogP contribution in [0.1, 0.15) is 11.1 Å². The summed E-state index contributed by atoms with van der Waals surface area (Å²) < 4.78 is 33.7. The summed E-state index contributed by atoms with van der Waals surface area (Å²) in [5.74, 6) is 0.166. The smallest absolute Gasteiger partial charge is 0.264 e. The maximum atomic E-state index is 13.7. The van der Waals surface area contributed by atoms with Gasteiger partial charge in [-0.2, -0.15) is 0 Å². The number of anilines is 1. The number of methoxy groups -OCH3 is 1. The fourth-order valence-corrected chi connectivity index (χ4v) is 5.93. The van der Waals surface area contributed by atoms with E-state index in [0.29, 0.717) is 37.6 Å². The molecule has 1 aliphatic heterocycles. The van der Waals surface area contributed by atoms with Crippen LogP contribution in [0.3, 0.4) is 0 Å². The minimum atomic E-state index is -4.02. The highest BCUT2D eigenvalue weighted by atomic mass is 35.5. The van der Waals surface area contributed by atoms with Crippen molar-refractivity contribution in [3.8, 4) is 5.75 Å². The number of hydrogen-bond acceptors (Lipinski definition) is 5. The number of hydrogen-bond donors (Lipinski definition) is 0. The zero-order chi connectivity index (χ0) is 27.1. The molecule has 1 heterocycles. The first-order valence-corrected chi connectivity index (χ1v) is 14.2. The van der Waals surface area contributed by atoms with Gasteiger partial charge in [0.2, 0.25) is 5.91 Å². The van der Waals surface area contributed by atoms with Gasteiger partial charge in [-0.1, -0.05) is 71.8 Å². The van der Waals surface area contributed by atoms with Crippen molar-refractivity contribution >= 4 is 39.3 Å². The normalized spacial score (nSPS) is 14.6. The number of ether oxygens (including phenoxy) is 1. The van der Waals surface area contributed by atoms with E-state index in [1.807, 2.05) is 25.1 Å². The van der Waals surface area contributed by atoms with Gasteiger partial charge in [0.25, 0.3) is 10.0 Å². The molecular formula is C29H32ClN3O4S. The van der Waals surface area contributed by atoms with Crippen molar-refractivity contribution in [3.63, 3.8) is 0 Å². The van der Waals surface area contributed by atoms with Crippen LogP contribution in [0, 0.1) is 6.92 Å². The molecule has 0 bridgehead atoms. The van der Waals surface area contributed by atoms with Gasteiger partial charge in [0.15, 0.2) is 0 Å². The van der Waals surface area contributed by atoms with E-state index in [4.69, 9.17) is 16.3 Å². The van der Waals surface area contributed by atoms with E-state index in [1.54, 1.807) is 41.3 Å². The fourth-order valence-electron chi connectivity index (χ4n) is 4.27. The molecule has 0 aromatic heterocycles. The number of sulfonamides is 1. The molecule has 1 aliphatic rings. The van der Waals surface area contributed by atoms with Gasteiger partial charge in [0.1, 0.15) is 12.3 Å². The molecule has 0 aliphatic carbocycles. The standard InChI is InChI=1S/C29H32ClN3O4S/c1-23-10-13-26(14-11-23)38(35,36)33(25-12-15-28(37-2)27(30)21-25)22-29(34)32-19-17-31(18-20-32)16-6-9-24-7-4-3-5-8-24/h3-15,21H,16-20,22H2,1-2H3/b9-6+. The van der Waals surface area contributed by atoms with Crippen LogP contribution in [-0.4, -0.2) is 70.5 Å². The molecule has 3 aromatic rings. The van der Waals surface area contributed by atoms with Gasteiger partial charge < -0.3 is 9.64 Å². The maximum absolute atomic E-state index is 13.7. The van der Waals surface area contributed by atoms with Crippen LogP contribution < -0.4 is 9.04 Å². The molecule has 0 atom stereocenters. The number of rotatable bonds is 9. The Labute approximate surface area is 229 Å². The Hall–Kier alpha value is -3.33. The van der Waals surface area contributed by atoms with Crippen LogP contribution in [0.2, 0.25) is 5.02 Å². The summed E-state index contributed by atoms with van der Waals surface area (Å²) in [6.07, 6.45) is 4.21. The number of nitrogens with zero attached hydrogens (tertiary/aromatic N) is 3. The summed E-state index contributed by atoms with van der Waals surface area (Å²) in [4.78, 5) is 17.5. The minimum absolute atomic E-state index is 0.109. The lowest BCUT2D eigenvalue weighted by molar-refractivity contribution is -0.131. The maximum Gasteiger partial charge on any atom is 0.264 e. The molecule has 0 radical (unpaired) electrons. The second-order valence-electron chi connectivity index (χ2n) is 9.14. The van der Waals surface area contributed by atoms with E-state index in [0.717, 1.165) is 22.0 Å². The van der Waals surface area contributed by atoms with E-state index in [1.165, 1.54) is 13.2 Å². The van der Waals surface area contributed by atoms with Crippen LogP contribution >= 0.6 is 11.6 Å². The largest absolute Gasteiger partial charge is 0.495 e. The third-order valence-electron chi connectivity index (χ3n) is 6.51. The summed E-state index contributed by atoms with van der Waals surface area (Å²) in [5.41, 5.74) is 2.39. The van der Waals surface area contributed by atoms with Gasteiger partial charge in [-0.15, -0.1) is 0 Å². The van der Waals surface area contributed by atoms with Crippen molar-refractivity contribution in [3.05, 3.63) is 95.0 Å². The van der Waals surface area contributed by atoms with Crippen molar-refractivity contribution in [2.45, 2.75) is 11.8 Å². The predicted octanol–water partition coefficient (Wildman–Crippen LogP) is 4.71. The van der Waals surface area contributed by atoms with Gasteiger partial charge in [-0.05, 0) is 42.8 Å². The van der Waals surface area contributed by atoms with Crippen LogP contribution in [0.5, 0.6) is 5.75 Å². The predicted molar refractivity (Wildman–Crippen MR) is 152 cm³/mol. The molecule has 7 nitrogen and oxygen atoms in total. The molecule has 0 saturated carbocycles. The van der Waals surface area contributed by atoms with Crippen molar-refractivity contribution in [1.82, 2.24) is 9.80 Å². The lowest BCUT2D eigenvalue weighted by Gasteiger charge is -2.35. The summed E-state index contributed by atoms with van der Waals surface area (Å²) >= 11 is 6.32. The average Bonchev–Trinajstić information content (AvgIpc) is 2.92. The zero-order valence-electron chi connectivity index (χ0n) is 21.6. The highest BCUT2D eigenvalue weighted by Crippen LogP contribution is 2.32. The molecule has 1 fully saturated rings. The first-order chi connectivity index (χ1) is 18.3. The monoisotopic (exact) mass is 553 g/mol. The molecule has 0 spiro atoms. The molecule has 4 rings (SSSR count). The van der Waals surface area contributed by atoms with E-state index in [2.05, 4.69) is 29.2 Å². The summed E-state index contributed by atoms with van der Waals surface area (Å²) in [7, 11) is -2.53. The van der Waals surface area contributed by atoms with Gasteiger partial charge in [0, 0.05) is 32.7 Å². The van der Waals surface area contributed by atoms with E-state index in [-0.39, 0.29) is 22.4 Å². The molecule has 0 unspecified atom stereocenters. The number of aryl methyl sites for hydroxylation is 1. The first kappa shape index (κ1) is 27.7. The number of carbonyl (C=O) groups excluding carboxylic acids is 1. The average molecular weight is 554 g/mol. The molecule has 200 valence electrons. The summed E-state index contributed by atoms with van der Waals surface area (Å²) in [6.45, 7) is 4.83. The first-order valence-electron chi connectivity index (χ1n) is 12.4. The SMILES string of the molecule is COc1ccc(N(CC(=O)N2CCN(C/C=C/c3ccccc3)CC2)S(=O)(=O)c2ccc(C)cc2)cc1Cl. The zero-order valence-corrected chi connectivity index (χ0v) is 23.2. The van der Waals surface area contributed by atoms with Crippen molar-refractivity contribution in [1.29, 1.82) is 0 Å². The molecule has 0 N–H and O–H groups in total. The molecule has 3 aromatic carbocycles. The summed E-state index contributed by atoms with van der Waals surface area (Å²) in [5, 5.41) is 0.263. The Bertz CT molecular complexity index is 1370. The van der Waals surface area contributed by atoms with E-state index >= 15 is 0 Å².